The van der Waals surface area contributed by atoms with Gasteiger partial charge in [-0.2, -0.15) is 0 Å². The summed E-state index contributed by atoms with van der Waals surface area (Å²) in [6.45, 7) is 6.25. The molecule has 0 unspecified atom stereocenters. The number of rotatable bonds is 1. The highest BCUT2D eigenvalue weighted by molar-refractivity contribution is 6.52. The first kappa shape index (κ1) is 17.0. The number of hydrogen-bond acceptors (Lipinski definition) is 2. The summed E-state index contributed by atoms with van der Waals surface area (Å²) in [7, 11) is 1.78. The van der Waals surface area contributed by atoms with Crippen molar-refractivity contribution < 1.29 is 0 Å². The van der Waals surface area contributed by atoms with Gasteiger partial charge in [0.25, 0.3) is 0 Å². The van der Waals surface area contributed by atoms with Gasteiger partial charge >= 0.3 is 0 Å². The molecule has 0 fully saturated rings. The van der Waals surface area contributed by atoms with Gasteiger partial charge in [0, 0.05) is 13.5 Å². The van der Waals surface area contributed by atoms with Crippen LogP contribution >= 0.6 is 0 Å². The quantitative estimate of drug-likeness (QED) is 0.365. The van der Waals surface area contributed by atoms with Crippen molar-refractivity contribution in [3.05, 3.63) is 82.7 Å². The van der Waals surface area contributed by atoms with Gasteiger partial charge < -0.3 is 0 Å². The Morgan fingerprint density at radius 1 is 0.880 bits per heavy atom. The van der Waals surface area contributed by atoms with Gasteiger partial charge in [0.15, 0.2) is 0 Å². The lowest BCUT2D eigenvalue weighted by Crippen LogP contribution is -2.13. The van der Waals surface area contributed by atoms with E-state index in [1.165, 1.54) is 22.3 Å². The molecular weight excluding hydrogens is 306 g/mol. The molecule has 0 aromatic heterocycles. The first-order chi connectivity index (χ1) is 12.1. The number of hydrogen-bond donors (Lipinski definition) is 0. The van der Waals surface area contributed by atoms with Crippen LogP contribution in [0.3, 0.4) is 0 Å². The summed E-state index contributed by atoms with van der Waals surface area (Å²) in [6.07, 6.45) is 19.4. The normalized spacial score (nSPS) is 23.5. The largest absolute Gasteiger partial charge is 0.286 e. The third-order valence-corrected chi connectivity index (χ3v) is 4.54. The lowest BCUT2D eigenvalue weighted by atomic mass is 10.0. The van der Waals surface area contributed by atoms with Crippen molar-refractivity contribution in [2.45, 2.75) is 27.2 Å². The Bertz CT molecular complexity index is 892. The van der Waals surface area contributed by atoms with Crippen molar-refractivity contribution >= 4 is 17.3 Å². The molecule has 0 saturated heterocycles. The van der Waals surface area contributed by atoms with Crippen LogP contribution in [-0.4, -0.2) is 24.3 Å². The molecule has 3 aliphatic carbocycles. The Balaban J connectivity index is 1.99. The van der Waals surface area contributed by atoms with Crippen LogP contribution < -0.4 is 0 Å². The zero-order valence-electron chi connectivity index (χ0n) is 15.2. The van der Waals surface area contributed by atoms with Crippen LogP contribution in [0.15, 0.2) is 97.7 Å². The van der Waals surface area contributed by atoms with E-state index in [4.69, 9.17) is 4.99 Å². The van der Waals surface area contributed by atoms with Gasteiger partial charge in [0.1, 0.15) is 5.84 Å². The molecule has 3 rings (SSSR count). The molecule has 0 atom stereocenters. The second-order valence-corrected chi connectivity index (χ2v) is 6.25. The van der Waals surface area contributed by atoms with Gasteiger partial charge in [-0.05, 0) is 55.2 Å². The average molecular weight is 329 g/mol. The third kappa shape index (κ3) is 3.82. The van der Waals surface area contributed by atoms with Gasteiger partial charge in [0.2, 0.25) is 0 Å². The van der Waals surface area contributed by atoms with Gasteiger partial charge in [0.05, 0.1) is 17.1 Å². The lowest BCUT2D eigenvalue weighted by molar-refractivity contribution is 1.07. The molecule has 126 valence electrons. The minimum absolute atomic E-state index is 0.748. The molecular formula is C22H23N3. The maximum atomic E-state index is 4.84. The van der Waals surface area contributed by atoms with Crippen molar-refractivity contribution in [1.29, 1.82) is 0 Å². The Hall–Kier alpha value is -2.81. The van der Waals surface area contributed by atoms with Crippen molar-refractivity contribution in [2.24, 2.45) is 15.0 Å². The van der Waals surface area contributed by atoms with E-state index >= 15 is 0 Å². The van der Waals surface area contributed by atoms with Crippen LogP contribution in [0.2, 0.25) is 0 Å². The maximum Gasteiger partial charge on any atom is 0.126 e. The molecule has 3 nitrogen and oxygen atoms in total. The Morgan fingerprint density at radius 2 is 1.56 bits per heavy atom. The number of amidine groups is 1. The van der Waals surface area contributed by atoms with Gasteiger partial charge in [-0.3, -0.25) is 4.99 Å². The smallest absolute Gasteiger partial charge is 0.126 e. The number of nitrogens with zero attached hydrogens (tertiary/aromatic N) is 3. The lowest BCUT2D eigenvalue weighted by Gasteiger charge is -2.09. The molecule has 0 saturated carbocycles. The number of fused-ring (bicyclic) bond motifs is 1. The van der Waals surface area contributed by atoms with Crippen LogP contribution in [-0.2, 0) is 0 Å². The minimum atomic E-state index is 0.748. The molecule has 0 aromatic carbocycles. The summed E-state index contributed by atoms with van der Waals surface area (Å²) in [5, 5.41) is 0. The van der Waals surface area contributed by atoms with Crippen LogP contribution in [0.25, 0.3) is 0 Å². The summed E-state index contributed by atoms with van der Waals surface area (Å²) in [5.74, 6) is 0.748. The van der Waals surface area contributed by atoms with Crippen LogP contribution in [0.1, 0.15) is 27.2 Å². The Morgan fingerprint density at radius 3 is 2.32 bits per heavy atom. The fraction of sp³-hybridized carbons (Fsp3) is 0.227. The minimum Gasteiger partial charge on any atom is -0.286 e. The van der Waals surface area contributed by atoms with E-state index in [1.807, 2.05) is 31.2 Å². The first-order valence-corrected chi connectivity index (χ1v) is 8.50. The highest BCUT2D eigenvalue weighted by Gasteiger charge is 2.14. The summed E-state index contributed by atoms with van der Waals surface area (Å²) in [5.41, 5.74) is 7.83. The fourth-order valence-electron chi connectivity index (χ4n) is 3.00. The highest BCUT2D eigenvalue weighted by atomic mass is 14.9. The molecule has 0 amide bonds. The fourth-order valence-corrected chi connectivity index (χ4v) is 3.00. The van der Waals surface area contributed by atoms with Gasteiger partial charge in [-0.15, -0.1) is 0 Å². The van der Waals surface area contributed by atoms with Crippen molar-refractivity contribution in [3.63, 3.8) is 0 Å². The van der Waals surface area contributed by atoms with Crippen molar-refractivity contribution in [2.75, 3.05) is 7.05 Å². The molecule has 3 heteroatoms. The molecule has 3 aliphatic rings. The Kier molecular flexibility index (Phi) is 5.03. The van der Waals surface area contributed by atoms with E-state index in [9.17, 15) is 0 Å². The summed E-state index contributed by atoms with van der Waals surface area (Å²) in [6, 6.07) is 0. The van der Waals surface area contributed by atoms with E-state index in [1.54, 1.807) is 7.05 Å². The number of aliphatic imine (C=N–C) groups is 3. The second kappa shape index (κ2) is 7.39. The topological polar surface area (TPSA) is 37.1 Å². The van der Waals surface area contributed by atoms with Crippen molar-refractivity contribution in [1.82, 2.24) is 0 Å². The zero-order chi connectivity index (χ0) is 17.8. The first-order valence-electron chi connectivity index (χ1n) is 8.50. The Labute approximate surface area is 149 Å². The molecule has 0 spiro atoms. The molecule has 0 heterocycles. The number of allylic oxidation sites excluding steroid dienone is 13. The van der Waals surface area contributed by atoms with Gasteiger partial charge in [-0.1, -0.05) is 42.5 Å². The van der Waals surface area contributed by atoms with Crippen LogP contribution in [0, 0.1) is 0 Å². The molecule has 0 aliphatic heterocycles. The standard InChI is InChI=1S/C22H23N3/c1-15-16(2)22(14-18-9-5-6-10-19(15)13-18)25-17(3)24-21-12-8-7-11-20(21)23-4/h5-13H,14H2,1-4H3. The van der Waals surface area contributed by atoms with Crippen LogP contribution in [0.4, 0.5) is 0 Å². The van der Waals surface area contributed by atoms with E-state index < -0.39 is 0 Å². The van der Waals surface area contributed by atoms with E-state index in [2.05, 4.69) is 54.2 Å². The molecule has 25 heavy (non-hydrogen) atoms. The summed E-state index contributed by atoms with van der Waals surface area (Å²) < 4.78 is 0. The summed E-state index contributed by atoms with van der Waals surface area (Å²) in [4.78, 5) is 13.8. The van der Waals surface area contributed by atoms with Gasteiger partial charge in [-0.25, -0.2) is 9.98 Å². The highest BCUT2D eigenvalue weighted by Crippen LogP contribution is 2.31. The maximum absolute atomic E-state index is 4.84. The average Bonchev–Trinajstić information content (AvgIpc) is 2.90. The van der Waals surface area contributed by atoms with Crippen molar-refractivity contribution in [3.8, 4) is 0 Å². The van der Waals surface area contributed by atoms with E-state index in [0.717, 1.165) is 29.4 Å². The third-order valence-electron chi connectivity index (χ3n) is 4.54. The van der Waals surface area contributed by atoms with E-state index in [-0.39, 0.29) is 0 Å². The zero-order valence-corrected chi connectivity index (χ0v) is 15.2. The molecule has 0 aromatic rings. The second-order valence-electron chi connectivity index (χ2n) is 6.25. The van der Waals surface area contributed by atoms with E-state index in [0.29, 0.717) is 0 Å². The predicted molar refractivity (Wildman–Crippen MR) is 109 cm³/mol. The summed E-state index contributed by atoms with van der Waals surface area (Å²) >= 11 is 0. The monoisotopic (exact) mass is 329 g/mol. The predicted octanol–water partition coefficient (Wildman–Crippen LogP) is 5.09. The molecule has 0 radical (unpaired) electrons. The molecule has 2 bridgehead atoms. The van der Waals surface area contributed by atoms with Crippen LogP contribution in [0.5, 0.6) is 0 Å². The SMILES string of the molecule is CN=C1C=CC=CC1=NC(C)=NC1=C(C)C(C)=C2C=CC=CC(=C2)C1. The molecule has 0 N–H and O–H groups in total.